The normalized spacial score (nSPS) is 24.9. The van der Waals surface area contributed by atoms with Gasteiger partial charge < -0.3 is 9.15 Å². The van der Waals surface area contributed by atoms with E-state index in [4.69, 9.17) is 20.8 Å². The first-order valence-electron chi connectivity index (χ1n) is 4.86. The minimum absolute atomic E-state index is 0.0274. The van der Waals surface area contributed by atoms with E-state index in [2.05, 4.69) is 10.2 Å². The van der Waals surface area contributed by atoms with Gasteiger partial charge in [0.05, 0.1) is 0 Å². The van der Waals surface area contributed by atoms with E-state index >= 15 is 0 Å². The molecule has 2 heterocycles. The summed E-state index contributed by atoms with van der Waals surface area (Å²) < 4.78 is 10.9. The molecule has 2 unspecified atom stereocenters. The molecule has 14 heavy (non-hydrogen) atoms. The largest absolute Gasteiger partial charge is 0.421 e. The molecule has 1 aliphatic rings. The molecule has 1 aliphatic heterocycles. The van der Waals surface area contributed by atoms with Crippen molar-refractivity contribution in [2.24, 2.45) is 0 Å². The lowest BCUT2D eigenvalue weighted by atomic mass is 10.1. The highest BCUT2D eigenvalue weighted by atomic mass is 35.5. The van der Waals surface area contributed by atoms with E-state index in [1.807, 2.05) is 0 Å². The Bertz CT molecular complexity index is 295. The van der Waals surface area contributed by atoms with E-state index in [-0.39, 0.29) is 11.5 Å². The van der Waals surface area contributed by atoms with Crippen molar-refractivity contribution in [1.29, 1.82) is 0 Å². The highest BCUT2D eigenvalue weighted by Gasteiger charge is 2.22. The highest BCUT2D eigenvalue weighted by molar-refractivity contribution is 6.20. The molecule has 78 valence electrons. The molecule has 4 nitrogen and oxygen atoms in total. The monoisotopic (exact) mass is 216 g/mol. The van der Waals surface area contributed by atoms with Crippen LogP contribution in [0.1, 0.15) is 49.4 Å². The van der Waals surface area contributed by atoms with Crippen LogP contribution in [0.3, 0.4) is 0 Å². The summed E-state index contributed by atoms with van der Waals surface area (Å²) in [5.74, 6) is 1.03. The van der Waals surface area contributed by atoms with Gasteiger partial charge in [-0.2, -0.15) is 0 Å². The van der Waals surface area contributed by atoms with Crippen LogP contribution in [-0.2, 0) is 4.74 Å². The van der Waals surface area contributed by atoms with Gasteiger partial charge in [0.2, 0.25) is 11.8 Å². The Balaban J connectivity index is 2.07. The maximum absolute atomic E-state index is 5.82. The van der Waals surface area contributed by atoms with Crippen molar-refractivity contribution in [3.8, 4) is 0 Å². The van der Waals surface area contributed by atoms with Gasteiger partial charge in [-0.1, -0.05) is 0 Å². The van der Waals surface area contributed by atoms with Crippen LogP contribution in [0.25, 0.3) is 0 Å². The Labute approximate surface area is 87.6 Å². The maximum Gasteiger partial charge on any atom is 0.245 e. The standard InChI is InChI=1S/C9H13ClN2O2/c1-6(10)8-11-12-9(14-8)7-4-2-3-5-13-7/h6-7H,2-5H2,1H3. The molecule has 2 atom stereocenters. The van der Waals surface area contributed by atoms with E-state index in [0.717, 1.165) is 25.9 Å². The maximum atomic E-state index is 5.82. The van der Waals surface area contributed by atoms with Crippen molar-refractivity contribution in [1.82, 2.24) is 10.2 Å². The zero-order valence-electron chi connectivity index (χ0n) is 8.07. The van der Waals surface area contributed by atoms with Gasteiger partial charge in [-0.3, -0.25) is 0 Å². The zero-order valence-corrected chi connectivity index (χ0v) is 8.83. The third kappa shape index (κ3) is 2.07. The number of alkyl halides is 1. The fourth-order valence-corrected chi connectivity index (χ4v) is 1.56. The third-order valence-corrected chi connectivity index (χ3v) is 2.44. The fourth-order valence-electron chi connectivity index (χ4n) is 1.47. The second-order valence-corrected chi connectivity index (χ2v) is 4.10. The molecule has 1 fully saturated rings. The molecule has 2 rings (SSSR count). The lowest BCUT2D eigenvalue weighted by Gasteiger charge is -2.18. The lowest BCUT2D eigenvalue weighted by Crippen LogP contribution is -2.11. The van der Waals surface area contributed by atoms with Gasteiger partial charge in [-0.15, -0.1) is 21.8 Å². The van der Waals surface area contributed by atoms with Crippen LogP contribution >= 0.6 is 11.6 Å². The molecule has 0 amide bonds. The van der Waals surface area contributed by atoms with Crippen LogP contribution in [0.2, 0.25) is 0 Å². The van der Waals surface area contributed by atoms with Crippen LogP contribution in [0, 0.1) is 0 Å². The average molecular weight is 217 g/mol. The van der Waals surface area contributed by atoms with Crippen molar-refractivity contribution in [2.45, 2.75) is 37.7 Å². The van der Waals surface area contributed by atoms with Crippen LogP contribution in [0.4, 0.5) is 0 Å². The first-order chi connectivity index (χ1) is 6.77. The molecule has 0 aliphatic carbocycles. The van der Waals surface area contributed by atoms with Gasteiger partial charge >= 0.3 is 0 Å². The molecule has 0 spiro atoms. The SMILES string of the molecule is CC(Cl)c1nnc(C2CCCCO2)o1. The molecule has 1 saturated heterocycles. The fraction of sp³-hybridized carbons (Fsp3) is 0.778. The molecule has 0 saturated carbocycles. The highest BCUT2D eigenvalue weighted by Crippen LogP contribution is 2.28. The Kier molecular flexibility index (Phi) is 3.03. The number of rotatable bonds is 2. The molecule has 1 aromatic rings. The summed E-state index contributed by atoms with van der Waals surface area (Å²) in [5.41, 5.74) is 0. The Hall–Kier alpha value is -0.610. The van der Waals surface area contributed by atoms with E-state index in [1.54, 1.807) is 6.92 Å². The topological polar surface area (TPSA) is 48.2 Å². The minimum atomic E-state index is -0.236. The molecule has 0 bridgehead atoms. The van der Waals surface area contributed by atoms with E-state index < -0.39 is 0 Å². The van der Waals surface area contributed by atoms with Crippen LogP contribution < -0.4 is 0 Å². The second kappa shape index (κ2) is 4.28. The summed E-state index contributed by atoms with van der Waals surface area (Å²) in [6.07, 6.45) is 3.20. The van der Waals surface area contributed by atoms with Crippen molar-refractivity contribution in [3.63, 3.8) is 0 Å². The molecule has 0 N–H and O–H groups in total. The van der Waals surface area contributed by atoms with E-state index in [0.29, 0.717) is 11.8 Å². The summed E-state index contributed by atoms with van der Waals surface area (Å²) in [4.78, 5) is 0. The molecule has 0 radical (unpaired) electrons. The van der Waals surface area contributed by atoms with Gasteiger partial charge in [0.25, 0.3) is 0 Å². The second-order valence-electron chi connectivity index (χ2n) is 3.45. The predicted molar refractivity (Wildman–Crippen MR) is 51.1 cm³/mol. The van der Waals surface area contributed by atoms with Crippen molar-refractivity contribution < 1.29 is 9.15 Å². The smallest absolute Gasteiger partial charge is 0.245 e. The van der Waals surface area contributed by atoms with E-state index in [9.17, 15) is 0 Å². The number of halogens is 1. The summed E-state index contributed by atoms with van der Waals surface area (Å²) >= 11 is 5.82. The summed E-state index contributed by atoms with van der Waals surface area (Å²) in [6, 6.07) is 0. The number of ether oxygens (including phenoxy) is 1. The quantitative estimate of drug-likeness (QED) is 0.713. The van der Waals surface area contributed by atoms with Gasteiger partial charge in [0, 0.05) is 6.61 Å². The molecular formula is C9H13ClN2O2. The zero-order chi connectivity index (χ0) is 9.97. The first kappa shape index (κ1) is 9.93. The Morgan fingerprint density at radius 2 is 2.29 bits per heavy atom. The van der Waals surface area contributed by atoms with Crippen molar-refractivity contribution in [3.05, 3.63) is 11.8 Å². The molecule has 5 heteroatoms. The molecule has 0 aromatic carbocycles. The average Bonchev–Trinajstić information content (AvgIpc) is 2.68. The van der Waals surface area contributed by atoms with Crippen LogP contribution in [0.5, 0.6) is 0 Å². The minimum Gasteiger partial charge on any atom is -0.421 e. The van der Waals surface area contributed by atoms with E-state index in [1.165, 1.54) is 0 Å². The lowest BCUT2D eigenvalue weighted by molar-refractivity contribution is -0.00210. The number of aromatic nitrogens is 2. The van der Waals surface area contributed by atoms with Crippen LogP contribution in [0.15, 0.2) is 4.42 Å². The molecule has 1 aromatic heterocycles. The molecular weight excluding hydrogens is 204 g/mol. The van der Waals surface area contributed by atoms with Crippen LogP contribution in [-0.4, -0.2) is 16.8 Å². The van der Waals surface area contributed by atoms with Gasteiger partial charge in [0.15, 0.2) is 0 Å². The third-order valence-electron chi connectivity index (χ3n) is 2.25. The van der Waals surface area contributed by atoms with Crippen molar-refractivity contribution in [2.75, 3.05) is 6.61 Å². The number of hydrogen-bond donors (Lipinski definition) is 0. The summed E-state index contributed by atoms with van der Waals surface area (Å²) in [5, 5.41) is 7.56. The Morgan fingerprint density at radius 1 is 1.43 bits per heavy atom. The van der Waals surface area contributed by atoms with Crippen molar-refractivity contribution >= 4 is 11.6 Å². The first-order valence-corrected chi connectivity index (χ1v) is 5.30. The number of nitrogens with zero attached hydrogens (tertiary/aromatic N) is 2. The predicted octanol–water partition coefficient (Wildman–Crippen LogP) is 2.61. The Morgan fingerprint density at radius 3 is 2.86 bits per heavy atom. The van der Waals surface area contributed by atoms with Gasteiger partial charge in [-0.05, 0) is 26.2 Å². The van der Waals surface area contributed by atoms with Gasteiger partial charge in [-0.25, -0.2) is 0 Å². The summed E-state index contributed by atoms with van der Waals surface area (Å²) in [6.45, 7) is 2.58. The number of hydrogen-bond acceptors (Lipinski definition) is 4. The van der Waals surface area contributed by atoms with Gasteiger partial charge in [0.1, 0.15) is 11.5 Å². The summed E-state index contributed by atoms with van der Waals surface area (Å²) in [7, 11) is 0.